The minimum Gasteiger partial charge on any atom is -0.465 e. The number of benzene rings is 1. The predicted molar refractivity (Wildman–Crippen MR) is 143 cm³/mol. The van der Waals surface area contributed by atoms with E-state index in [4.69, 9.17) is 4.74 Å². The molecule has 8 heteroatoms. The number of hydrogen-bond donors (Lipinski definition) is 1. The molecule has 4 aliphatic heterocycles. The van der Waals surface area contributed by atoms with Crippen LogP contribution in [0.2, 0.25) is 0 Å². The first-order valence-corrected chi connectivity index (χ1v) is 14.2. The van der Waals surface area contributed by atoms with Crippen molar-refractivity contribution in [1.29, 1.82) is 0 Å². The fraction of sp³-hybridized carbons (Fsp3) is 0.552. The minimum atomic E-state index is -0.924. The molecule has 37 heavy (non-hydrogen) atoms. The molecule has 0 saturated carbocycles. The van der Waals surface area contributed by atoms with Gasteiger partial charge in [0.25, 0.3) is 0 Å². The first kappa shape index (κ1) is 26.0. The normalized spacial score (nSPS) is 33.8. The van der Waals surface area contributed by atoms with Gasteiger partial charge in [0.1, 0.15) is 6.04 Å². The van der Waals surface area contributed by atoms with Crippen molar-refractivity contribution in [2.45, 2.75) is 61.1 Å². The van der Waals surface area contributed by atoms with E-state index in [1.54, 1.807) is 16.7 Å². The molecular formula is C29H36N2O5S. The third-order valence-electron chi connectivity index (χ3n) is 8.24. The summed E-state index contributed by atoms with van der Waals surface area (Å²) < 4.78 is 4.00. The molecule has 1 N–H and O–H groups in total. The summed E-state index contributed by atoms with van der Waals surface area (Å²) in [6.07, 6.45) is 10.9. The van der Waals surface area contributed by atoms with Gasteiger partial charge in [0.2, 0.25) is 11.8 Å². The quantitative estimate of drug-likeness (QED) is 0.436. The smallest absolute Gasteiger partial charge is 0.311 e. The molecular weight excluding hydrogens is 488 g/mol. The molecule has 5 rings (SSSR count). The molecule has 2 amide bonds. The van der Waals surface area contributed by atoms with E-state index in [-0.39, 0.29) is 31.0 Å². The van der Waals surface area contributed by atoms with E-state index in [9.17, 15) is 19.5 Å². The first-order chi connectivity index (χ1) is 17.9. The van der Waals surface area contributed by atoms with Gasteiger partial charge < -0.3 is 19.6 Å². The van der Waals surface area contributed by atoms with Crippen LogP contribution in [0.1, 0.15) is 38.7 Å². The molecule has 2 saturated heterocycles. The Hall–Kier alpha value is -2.58. The zero-order valence-electron chi connectivity index (χ0n) is 21.5. The number of cyclic esters (lactones) is 1. The zero-order valence-corrected chi connectivity index (χ0v) is 22.4. The SMILES string of the molecule is CCCCN1CC=C[C@]23S[C@@]4(C)C=CCCOC(=O)[C@H]4[C@H]2C(=O)N([C@@H](CO)Cc2ccccc2)C3C1=O. The number of carbonyl (C=O) groups is 3. The van der Waals surface area contributed by atoms with E-state index in [1.165, 1.54) is 0 Å². The largest absolute Gasteiger partial charge is 0.465 e. The highest BCUT2D eigenvalue weighted by Crippen LogP contribution is 2.65. The average molecular weight is 525 g/mol. The van der Waals surface area contributed by atoms with E-state index in [0.29, 0.717) is 25.9 Å². The van der Waals surface area contributed by atoms with Crippen molar-refractivity contribution in [3.63, 3.8) is 0 Å². The second-order valence-electron chi connectivity index (χ2n) is 10.7. The highest BCUT2D eigenvalue weighted by atomic mass is 32.2. The first-order valence-electron chi connectivity index (χ1n) is 13.3. The van der Waals surface area contributed by atoms with Crippen molar-refractivity contribution >= 4 is 29.5 Å². The van der Waals surface area contributed by atoms with Crippen LogP contribution in [0.5, 0.6) is 0 Å². The van der Waals surface area contributed by atoms with Crippen LogP contribution in [0.15, 0.2) is 54.6 Å². The fourth-order valence-corrected chi connectivity index (χ4v) is 8.69. The lowest BCUT2D eigenvalue weighted by Crippen LogP contribution is -2.57. The molecule has 1 unspecified atom stereocenters. The highest BCUT2D eigenvalue weighted by Gasteiger charge is 2.74. The third-order valence-corrected chi connectivity index (χ3v) is 10.0. The number of hydrogen-bond acceptors (Lipinski definition) is 6. The van der Waals surface area contributed by atoms with Crippen LogP contribution >= 0.6 is 11.8 Å². The Bertz CT molecular complexity index is 1110. The summed E-state index contributed by atoms with van der Waals surface area (Å²) in [5.74, 6) is -2.21. The Morgan fingerprint density at radius 3 is 2.62 bits per heavy atom. The summed E-state index contributed by atoms with van der Waals surface area (Å²) in [7, 11) is 0. The molecule has 0 bridgehead atoms. The van der Waals surface area contributed by atoms with E-state index < -0.39 is 33.4 Å². The lowest BCUT2D eigenvalue weighted by Gasteiger charge is -2.40. The highest BCUT2D eigenvalue weighted by molar-refractivity contribution is 8.02. The number of nitrogens with zero attached hydrogens (tertiary/aromatic N) is 2. The lowest BCUT2D eigenvalue weighted by atomic mass is 9.74. The van der Waals surface area contributed by atoms with Gasteiger partial charge in [-0.05, 0) is 31.7 Å². The van der Waals surface area contributed by atoms with Gasteiger partial charge >= 0.3 is 5.97 Å². The maximum atomic E-state index is 14.4. The lowest BCUT2D eigenvalue weighted by molar-refractivity contribution is -0.154. The van der Waals surface area contributed by atoms with Crippen LogP contribution in [0.3, 0.4) is 0 Å². The van der Waals surface area contributed by atoms with Crippen LogP contribution in [-0.4, -0.2) is 80.6 Å². The number of esters is 1. The predicted octanol–water partition coefficient (Wildman–Crippen LogP) is 2.98. The van der Waals surface area contributed by atoms with Gasteiger partial charge in [-0.15, -0.1) is 11.8 Å². The van der Waals surface area contributed by atoms with Gasteiger partial charge in [0, 0.05) is 17.8 Å². The molecule has 1 aromatic rings. The summed E-state index contributed by atoms with van der Waals surface area (Å²) in [6.45, 7) is 5.15. The van der Waals surface area contributed by atoms with Crippen molar-refractivity contribution in [1.82, 2.24) is 9.80 Å². The Morgan fingerprint density at radius 1 is 1.11 bits per heavy atom. The summed E-state index contributed by atoms with van der Waals surface area (Å²) in [4.78, 5) is 45.6. The molecule has 6 atom stereocenters. The molecule has 0 aliphatic carbocycles. The standard InChI is InChI=1S/C29H36N2O5S/c1-3-4-15-30-16-10-14-29-22(23-27(35)36-17-9-8-13-28(23,2)37-29)25(33)31(24(29)26(30)34)21(19-32)18-20-11-6-5-7-12-20/h5-8,10-14,21-24,32H,3-4,9,15-19H2,1-2H3/t21-,22+,23-,24?,28+,29+/m1/s1. The molecule has 0 aromatic heterocycles. The number of rotatable bonds is 7. The minimum absolute atomic E-state index is 0.108. The number of likely N-dealkylation sites (tertiary alicyclic amines) is 1. The summed E-state index contributed by atoms with van der Waals surface area (Å²) in [5.41, 5.74) is 0.977. The second-order valence-corrected chi connectivity index (χ2v) is 12.5. The molecule has 1 aromatic carbocycles. The Kier molecular flexibility index (Phi) is 7.24. The number of aliphatic hydroxyl groups is 1. The van der Waals surface area contributed by atoms with Crippen molar-refractivity contribution in [2.24, 2.45) is 11.8 Å². The topological polar surface area (TPSA) is 87.2 Å². The van der Waals surface area contributed by atoms with E-state index >= 15 is 0 Å². The van der Waals surface area contributed by atoms with Gasteiger partial charge in [-0.3, -0.25) is 14.4 Å². The number of thioether (sulfide) groups is 1. The van der Waals surface area contributed by atoms with Gasteiger partial charge in [-0.1, -0.05) is 68.0 Å². The number of carbonyl (C=O) groups excluding carboxylic acids is 3. The van der Waals surface area contributed by atoms with Crippen LogP contribution < -0.4 is 0 Å². The van der Waals surface area contributed by atoms with Crippen molar-refractivity contribution in [3.05, 3.63) is 60.2 Å². The van der Waals surface area contributed by atoms with Crippen molar-refractivity contribution in [3.8, 4) is 0 Å². The summed E-state index contributed by atoms with van der Waals surface area (Å²) >= 11 is 1.54. The number of amides is 2. The number of unbranched alkanes of at least 4 members (excludes halogenated alkanes) is 1. The maximum Gasteiger partial charge on any atom is 0.311 e. The van der Waals surface area contributed by atoms with Gasteiger partial charge in [-0.2, -0.15) is 0 Å². The summed E-state index contributed by atoms with van der Waals surface area (Å²) in [5, 5.41) is 10.6. The number of aliphatic hydroxyl groups excluding tert-OH is 1. The third kappa shape index (κ3) is 4.32. The van der Waals surface area contributed by atoms with Crippen LogP contribution in [0.4, 0.5) is 0 Å². The average Bonchev–Trinajstić information content (AvgIpc) is 3.21. The Balaban J connectivity index is 1.63. The molecule has 1 spiro atoms. The summed E-state index contributed by atoms with van der Waals surface area (Å²) in [6, 6.07) is 8.31. The zero-order chi connectivity index (χ0) is 26.2. The monoisotopic (exact) mass is 524 g/mol. The van der Waals surface area contributed by atoms with E-state index in [1.807, 2.05) is 66.5 Å². The number of fused-ring (bicyclic) bond motifs is 2. The Labute approximate surface area is 222 Å². The van der Waals surface area contributed by atoms with Crippen LogP contribution in [-0.2, 0) is 25.5 Å². The second kappa shape index (κ2) is 10.3. The van der Waals surface area contributed by atoms with E-state index in [0.717, 1.165) is 18.4 Å². The molecule has 198 valence electrons. The molecule has 7 nitrogen and oxygen atoms in total. The van der Waals surface area contributed by atoms with Gasteiger partial charge in [0.15, 0.2) is 0 Å². The van der Waals surface area contributed by atoms with Gasteiger partial charge in [0.05, 0.1) is 35.8 Å². The van der Waals surface area contributed by atoms with E-state index in [2.05, 4.69) is 6.92 Å². The van der Waals surface area contributed by atoms with Gasteiger partial charge in [-0.25, -0.2) is 0 Å². The Morgan fingerprint density at radius 2 is 1.89 bits per heavy atom. The van der Waals surface area contributed by atoms with Crippen LogP contribution in [0.25, 0.3) is 0 Å². The number of ether oxygens (including phenoxy) is 1. The molecule has 2 fully saturated rings. The maximum absolute atomic E-state index is 14.4. The van der Waals surface area contributed by atoms with Crippen LogP contribution in [0, 0.1) is 11.8 Å². The molecule has 4 heterocycles. The fourth-order valence-electron chi connectivity index (χ4n) is 6.55. The van der Waals surface area contributed by atoms with Crippen molar-refractivity contribution in [2.75, 3.05) is 26.3 Å². The van der Waals surface area contributed by atoms with Crippen molar-refractivity contribution < 1.29 is 24.2 Å². The molecule has 4 aliphatic rings. The molecule has 0 radical (unpaired) electrons.